The predicted octanol–water partition coefficient (Wildman–Crippen LogP) is 5.75. The second-order valence-corrected chi connectivity index (χ2v) is 9.27. The molecule has 5 rings (SSSR count). The lowest BCUT2D eigenvalue weighted by Gasteiger charge is -2.16. The van der Waals surface area contributed by atoms with Gasteiger partial charge in [-0.15, -0.1) is 11.8 Å². The van der Waals surface area contributed by atoms with E-state index in [1.807, 2.05) is 73.1 Å². The Labute approximate surface area is 206 Å². The number of amides is 1. The number of aromatic nitrogens is 4. The molecule has 35 heavy (non-hydrogen) atoms. The van der Waals surface area contributed by atoms with Crippen molar-refractivity contribution in [2.45, 2.75) is 30.5 Å². The van der Waals surface area contributed by atoms with E-state index in [1.165, 1.54) is 12.1 Å². The number of carbonyl (C=O) groups excluding carboxylic acids is 1. The number of benzene rings is 2. The Morgan fingerprint density at radius 1 is 1.09 bits per heavy atom. The minimum atomic E-state index is -0.294. The highest BCUT2D eigenvalue weighted by atomic mass is 32.2. The summed E-state index contributed by atoms with van der Waals surface area (Å²) >= 11 is 1.59. The van der Waals surface area contributed by atoms with Gasteiger partial charge in [0.15, 0.2) is 0 Å². The number of hydrogen-bond acceptors (Lipinski definition) is 4. The lowest BCUT2D eigenvalue weighted by Crippen LogP contribution is -2.27. The van der Waals surface area contributed by atoms with Crippen molar-refractivity contribution >= 4 is 23.3 Å². The molecule has 0 aliphatic rings. The lowest BCUT2D eigenvalue weighted by molar-refractivity contribution is 0.0937. The summed E-state index contributed by atoms with van der Waals surface area (Å²) in [4.78, 5) is 18.8. The number of rotatable bonds is 7. The molecule has 1 amide bonds. The Balaban J connectivity index is 1.30. The SMILES string of the molecule is Cc1c(C(C)NC(=O)c2ccccc2SCc2cn3ccccc3n2)cnn1-c1ccc(F)cc1. The number of hydrogen-bond donors (Lipinski definition) is 1. The maximum absolute atomic E-state index is 13.3. The summed E-state index contributed by atoms with van der Waals surface area (Å²) in [5.74, 6) is 0.215. The van der Waals surface area contributed by atoms with Gasteiger partial charge in [-0.2, -0.15) is 5.10 Å². The fourth-order valence-electron chi connectivity index (χ4n) is 4.03. The summed E-state index contributed by atoms with van der Waals surface area (Å²) in [6.45, 7) is 3.87. The zero-order valence-electron chi connectivity index (χ0n) is 19.4. The van der Waals surface area contributed by atoms with Crippen LogP contribution in [0.15, 0.2) is 90.2 Å². The van der Waals surface area contributed by atoms with Crippen LogP contribution in [0.2, 0.25) is 0 Å². The molecule has 1 N–H and O–H groups in total. The van der Waals surface area contributed by atoms with E-state index in [0.717, 1.165) is 33.2 Å². The fourth-order valence-corrected chi connectivity index (χ4v) is 4.96. The first-order chi connectivity index (χ1) is 17.0. The van der Waals surface area contributed by atoms with E-state index in [0.29, 0.717) is 11.3 Å². The van der Waals surface area contributed by atoms with Gasteiger partial charge in [0.05, 0.1) is 29.2 Å². The molecule has 176 valence electrons. The number of fused-ring (bicyclic) bond motifs is 1. The zero-order valence-corrected chi connectivity index (χ0v) is 20.2. The maximum Gasteiger partial charge on any atom is 0.252 e. The minimum Gasteiger partial charge on any atom is -0.345 e. The van der Waals surface area contributed by atoms with Gasteiger partial charge in [0.2, 0.25) is 0 Å². The predicted molar refractivity (Wildman–Crippen MR) is 135 cm³/mol. The minimum absolute atomic E-state index is 0.149. The van der Waals surface area contributed by atoms with Gasteiger partial charge in [0.1, 0.15) is 11.5 Å². The average Bonchev–Trinajstić information content (AvgIpc) is 3.46. The second kappa shape index (κ2) is 9.76. The lowest BCUT2D eigenvalue weighted by atomic mass is 10.1. The summed E-state index contributed by atoms with van der Waals surface area (Å²) in [5, 5.41) is 7.55. The third-order valence-electron chi connectivity index (χ3n) is 5.85. The Bertz CT molecular complexity index is 1460. The summed E-state index contributed by atoms with van der Waals surface area (Å²) in [5.41, 5.74) is 5.03. The largest absolute Gasteiger partial charge is 0.345 e. The number of pyridine rings is 1. The average molecular weight is 486 g/mol. The molecular weight excluding hydrogens is 461 g/mol. The molecule has 0 bridgehead atoms. The fraction of sp³-hybridized carbons (Fsp3) is 0.148. The highest BCUT2D eigenvalue weighted by molar-refractivity contribution is 7.98. The molecule has 1 atom stereocenters. The van der Waals surface area contributed by atoms with E-state index in [-0.39, 0.29) is 17.8 Å². The van der Waals surface area contributed by atoms with Crippen LogP contribution in [0.3, 0.4) is 0 Å². The van der Waals surface area contributed by atoms with Crippen molar-refractivity contribution in [3.63, 3.8) is 0 Å². The van der Waals surface area contributed by atoms with Crippen molar-refractivity contribution in [1.29, 1.82) is 0 Å². The first-order valence-corrected chi connectivity index (χ1v) is 12.2. The number of carbonyl (C=O) groups is 1. The van der Waals surface area contributed by atoms with E-state index in [4.69, 9.17) is 0 Å². The summed E-state index contributed by atoms with van der Waals surface area (Å²) < 4.78 is 17.0. The van der Waals surface area contributed by atoms with Crippen molar-refractivity contribution in [2.75, 3.05) is 0 Å². The van der Waals surface area contributed by atoms with Gasteiger partial charge in [-0.25, -0.2) is 14.1 Å². The second-order valence-electron chi connectivity index (χ2n) is 8.25. The van der Waals surface area contributed by atoms with Crippen LogP contribution >= 0.6 is 11.8 Å². The van der Waals surface area contributed by atoms with Gasteiger partial charge >= 0.3 is 0 Å². The molecule has 0 aliphatic carbocycles. The van der Waals surface area contributed by atoms with Gasteiger partial charge in [-0.05, 0) is 62.4 Å². The van der Waals surface area contributed by atoms with E-state index in [9.17, 15) is 9.18 Å². The van der Waals surface area contributed by atoms with Gasteiger partial charge < -0.3 is 9.72 Å². The molecule has 8 heteroatoms. The van der Waals surface area contributed by atoms with Crippen molar-refractivity contribution in [3.8, 4) is 5.69 Å². The Morgan fingerprint density at radius 2 is 1.86 bits per heavy atom. The van der Waals surface area contributed by atoms with Gasteiger partial charge in [0, 0.05) is 34.3 Å². The maximum atomic E-state index is 13.3. The topological polar surface area (TPSA) is 64.2 Å². The number of imidazole rings is 1. The molecule has 2 aromatic carbocycles. The molecule has 5 aromatic rings. The molecule has 0 saturated heterocycles. The molecule has 0 radical (unpaired) electrons. The van der Waals surface area contributed by atoms with Crippen LogP contribution in [0.5, 0.6) is 0 Å². The number of nitrogens with zero attached hydrogens (tertiary/aromatic N) is 4. The third kappa shape index (κ3) is 4.83. The number of nitrogens with one attached hydrogen (secondary N) is 1. The van der Waals surface area contributed by atoms with E-state index in [1.54, 1.807) is 34.8 Å². The van der Waals surface area contributed by atoms with Crippen molar-refractivity contribution in [3.05, 3.63) is 114 Å². The number of halogens is 1. The van der Waals surface area contributed by atoms with Crippen LogP contribution in [-0.2, 0) is 5.75 Å². The summed E-state index contributed by atoms with van der Waals surface area (Å²) in [7, 11) is 0. The number of thioether (sulfide) groups is 1. The molecule has 3 aromatic heterocycles. The van der Waals surface area contributed by atoms with Crippen LogP contribution in [0.25, 0.3) is 11.3 Å². The highest BCUT2D eigenvalue weighted by Gasteiger charge is 2.19. The Kier molecular flexibility index (Phi) is 6.37. The molecule has 0 fully saturated rings. The monoisotopic (exact) mass is 485 g/mol. The summed E-state index contributed by atoms with van der Waals surface area (Å²) in [6, 6.07) is 19.4. The molecule has 3 heterocycles. The Morgan fingerprint density at radius 3 is 2.66 bits per heavy atom. The van der Waals surface area contributed by atoms with Crippen molar-refractivity contribution in [1.82, 2.24) is 24.5 Å². The van der Waals surface area contributed by atoms with Gasteiger partial charge in [-0.3, -0.25) is 4.79 Å². The van der Waals surface area contributed by atoms with Gasteiger partial charge in [0.25, 0.3) is 5.91 Å². The standard InChI is InChI=1S/C27H24FN5OS/c1-18(24-15-29-33(19(24)2)22-12-10-20(28)11-13-22)30-27(34)23-7-3-4-8-25(23)35-17-21-16-32-14-6-5-9-26(32)31-21/h3-16,18H,17H2,1-2H3,(H,30,34). The first-order valence-electron chi connectivity index (χ1n) is 11.3. The van der Waals surface area contributed by atoms with Crippen LogP contribution in [-0.4, -0.2) is 25.1 Å². The van der Waals surface area contributed by atoms with E-state index >= 15 is 0 Å². The molecule has 0 aliphatic heterocycles. The molecule has 0 spiro atoms. The van der Waals surface area contributed by atoms with Crippen LogP contribution in [0, 0.1) is 12.7 Å². The quantitative estimate of drug-likeness (QED) is 0.298. The van der Waals surface area contributed by atoms with E-state index < -0.39 is 0 Å². The van der Waals surface area contributed by atoms with Crippen molar-refractivity contribution < 1.29 is 9.18 Å². The summed E-state index contributed by atoms with van der Waals surface area (Å²) in [6.07, 6.45) is 5.72. The van der Waals surface area contributed by atoms with Crippen molar-refractivity contribution in [2.24, 2.45) is 0 Å². The molecule has 1 unspecified atom stereocenters. The van der Waals surface area contributed by atoms with Crippen LogP contribution < -0.4 is 5.32 Å². The van der Waals surface area contributed by atoms with Gasteiger partial charge in [-0.1, -0.05) is 18.2 Å². The van der Waals surface area contributed by atoms with E-state index in [2.05, 4.69) is 15.4 Å². The van der Waals surface area contributed by atoms with Crippen LogP contribution in [0.4, 0.5) is 4.39 Å². The smallest absolute Gasteiger partial charge is 0.252 e. The Hall–Kier alpha value is -3.91. The van der Waals surface area contributed by atoms with Crippen LogP contribution in [0.1, 0.15) is 40.3 Å². The normalized spacial score (nSPS) is 12.1. The third-order valence-corrected chi connectivity index (χ3v) is 6.96. The molecule has 6 nitrogen and oxygen atoms in total. The highest BCUT2D eigenvalue weighted by Crippen LogP contribution is 2.27. The first kappa shape index (κ1) is 22.9. The molecular formula is C27H24FN5OS. The molecule has 0 saturated carbocycles. The zero-order chi connectivity index (χ0) is 24.4.